The van der Waals surface area contributed by atoms with Crippen molar-refractivity contribution in [2.75, 3.05) is 26.3 Å². The first-order valence-corrected chi connectivity index (χ1v) is 6.06. The maximum absolute atomic E-state index is 12.7. The van der Waals surface area contributed by atoms with E-state index in [0.717, 1.165) is 20.4 Å². The van der Waals surface area contributed by atoms with Crippen LogP contribution >= 0.6 is 0 Å². The van der Waals surface area contributed by atoms with Crippen LogP contribution in [0.25, 0.3) is 0 Å². The highest BCUT2D eigenvalue weighted by Gasteiger charge is 2.50. The number of fused-ring (bicyclic) bond motifs is 1. The molecule has 104 valence electrons. The van der Waals surface area contributed by atoms with Gasteiger partial charge in [-0.1, -0.05) is 0 Å². The third-order valence-corrected chi connectivity index (χ3v) is 3.41. The molecule has 0 amide bonds. The van der Waals surface area contributed by atoms with Crippen LogP contribution in [0.2, 0.25) is 0 Å². The Kier molecular flexibility index (Phi) is 3.60. The molecule has 2 rings (SSSR count). The zero-order valence-electron chi connectivity index (χ0n) is 10.6. The third kappa shape index (κ3) is 2.80. The number of nitrogens with zero attached hydrogens (tertiary/aromatic N) is 1. The number of hydrogen-bond acceptors (Lipinski definition) is 3. The van der Waals surface area contributed by atoms with Gasteiger partial charge in [-0.25, -0.2) is 0 Å². The van der Waals surface area contributed by atoms with E-state index in [1.807, 2.05) is 0 Å². The van der Waals surface area contributed by atoms with E-state index in [1.165, 1.54) is 0 Å². The summed E-state index contributed by atoms with van der Waals surface area (Å²) in [5.41, 5.74) is -2.14. The molecule has 0 bridgehead atoms. The van der Waals surface area contributed by atoms with Crippen LogP contribution in [-0.2, 0) is 9.47 Å². The lowest BCUT2D eigenvalue weighted by Crippen LogP contribution is -2.49. The maximum Gasteiger partial charge on any atom is 0.427 e. The van der Waals surface area contributed by atoms with E-state index in [-0.39, 0.29) is 6.04 Å². The third-order valence-electron chi connectivity index (χ3n) is 3.41. The number of hydrogen-bond donors (Lipinski definition) is 0. The predicted octanol–water partition coefficient (Wildman–Crippen LogP) is 2.33. The topological polar surface area (TPSA) is 21.7 Å². The molecule has 2 aliphatic rings. The molecule has 0 N–H and O–H groups in total. The minimum Gasteiger partial charge on any atom is -0.483 e. The molecule has 3 nitrogen and oxygen atoms in total. The molecule has 1 unspecified atom stereocenters. The monoisotopic (exact) mass is 265 g/mol. The molecular formula is C12H18F3NO2. The average molecular weight is 265 g/mol. The summed E-state index contributed by atoms with van der Waals surface area (Å²) in [6.07, 6.45) is -2.14. The quantitative estimate of drug-likeness (QED) is 0.765. The van der Waals surface area contributed by atoms with Crippen LogP contribution in [0.5, 0.6) is 0 Å². The van der Waals surface area contributed by atoms with Crippen molar-refractivity contribution < 1.29 is 22.6 Å². The fourth-order valence-corrected chi connectivity index (χ4v) is 2.12. The Morgan fingerprint density at radius 3 is 2.78 bits per heavy atom. The SMILES string of the molecule is CC(C)(OC1=CCN2CCOCC2C1)C(F)(F)F. The van der Waals surface area contributed by atoms with E-state index in [9.17, 15) is 13.2 Å². The first kappa shape index (κ1) is 13.7. The minimum atomic E-state index is -4.37. The van der Waals surface area contributed by atoms with Gasteiger partial charge in [0.15, 0.2) is 5.60 Å². The normalized spacial score (nSPS) is 26.5. The number of alkyl halides is 3. The van der Waals surface area contributed by atoms with Crippen molar-refractivity contribution in [1.29, 1.82) is 0 Å². The largest absolute Gasteiger partial charge is 0.483 e. The van der Waals surface area contributed by atoms with Gasteiger partial charge in [0.25, 0.3) is 0 Å². The summed E-state index contributed by atoms with van der Waals surface area (Å²) >= 11 is 0. The van der Waals surface area contributed by atoms with Gasteiger partial charge in [0.2, 0.25) is 0 Å². The molecule has 0 aromatic heterocycles. The van der Waals surface area contributed by atoms with Gasteiger partial charge in [-0.2, -0.15) is 13.2 Å². The maximum atomic E-state index is 12.7. The van der Waals surface area contributed by atoms with Crippen LogP contribution in [0.4, 0.5) is 13.2 Å². The van der Waals surface area contributed by atoms with Crippen molar-refractivity contribution in [2.24, 2.45) is 0 Å². The first-order valence-electron chi connectivity index (χ1n) is 6.06. The number of ether oxygens (including phenoxy) is 2. The zero-order chi connectivity index (χ0) is 13.4. The Bertz CT molecular complexity index is 339. The minimum absolute atomic E-state index is 0.141. The Hall–Kier alpha value is -0.750. The van der Waals surface area contributed by atoms with Crippen LogP contribution in [-0.4, -0.2) is 49.0 Å². The van der Waals surface area contributed by atoms with Crippen molar-refractivity contribution in [3.63, 3.8) is 0 Å². The van der Waals surface area contributed by atoms with Gasteiger partial charge in [0, 0.05) is 25.6 Å². The standard InChI is InChI=1S/C12H18F3NO2/c1-11(2,12(13,14)15)18-10-3-4-16-5-6-17-8-9(16)7-10/h3,9H,4-8H2,1-2H3. The zero-order valence-corrected chi connectivity index (χ0v) is 10.6. The smallest absolute Gasteiger partial charge is 0.427 e. The lowest BCUT2D eigenvalue weighted by atomic mass is 10.0. The van der Waals surface area contributed by atoms with Crippen molar-refractivity contribution in [1.82, 2.24) is 4.90 Å². The summed E-state index contributed by atoms with van der Waals surface area (Å²) < 4.78 is 48.7. The van der Waals surface area contributed by atoms with E-state index in [4.69, 9.17) is 9.47 Å². The molecule has 0 radical (unpaired) electrons. The molecule has 6 heteroatoms. The second-order valence-electron chi connectivity index (χ2n) is 5.21. The fraction of sp³-hybridized carbons (Fsp3) is 0.833. The summed E-state index contributed by atoms with van der Waals surface area (Å²) in [5.74, 6) is 0.420. The lowest BCUT2D eigenvalue weighted by molar-refractivity contribution is -0.253. The molecule has 0 spiro atoms. The van der Waals surface area contributed by atoms with E-state index in [0.29, 0.717) is 31.9 Å². The highest BCUT2D eigenvalue weighted by atomic mass is 19.4. The molecule has 0 aliphatic carbocycles. The Labute approximate surface area is 105 Å². The highest BCUT2D eigenvalue weighted by Crippen LogP contribution is 2.36. The molecule has 2 aliphatic heterocycles. The van der Waals surface area contributed by atoms with Gasteiger partial charge in [-0.3, -0.25) is 4.90 Å². The molecule has 1 saturated heterocycles. The molecule has 0 saturated carbocycles. The van der Waals surface area contributed by atoms with E-state index < -0.39 is 11.8 Å². The molecular weight excluding hydrogens is 247 g/mol. The van der Waals surface area contributed by atoms with Gasteiger partial charge in [0.05, 0.1) is 19.0 Å². The van der Waals surface area contributed by atoms with E-state index in [1.54, 1.807) is 6.08 Å². The van der Waals surface area contributed by atoms with Crippen LogP contribution < -0.4 is 0 Å². The van der Waals surface area contributed by atoms with Crippen LogP contribution in [0.3, 0.4) is 0 Å². The highest BCUT2D eigenvalue weighted by molar-refractivity contribution is 5.06. The van der Waals surface area contributed by atoms with Gasteiger partial charge in [0.1, 0.15) is 0 Å². The van der Waals surface area contributed by atoms with Gasteiger partial charge < -0.3 is 9.47 Å². The Morgan fingerprint density at radius 2 is 2.11 bits per heavy atom. The second kappa shape index (κ2) is 4.74. The van der Waals surface area contributed by atoms with Crippen LogP contribution in [0.1, 0.15) is 20.3 Å². The number of rotatable bonds is 2. The summed E-state index contributed by atoms with van der Waals surface area (Å²) in [7, 11) is 0. The first-order chi connectivity index (χ1) is 8.29. The molecule has 0 aromatic carbocycles. The number of morpholine rings is 1. The van der Waals surface area contributed by atoms with Crippen molar-refractivity contribution in [2.45, 2.75) is 38.1 Å². The van der Waals surface area contributed by atoms with Crippen LogP contribution in [0, 0.1) is 0 Å². The second-order valence-corrected chi connectivity index (χ2v) is 5.21. The van der Waals surface area contributed by atoms with E-state index >= 15 is 0 Å². The van der Waals surface area contributed by atoms with Gasteiger partial charge in [-0.05, 0) is 19.9 Å². The van der Waals surface area contributed by atoms with Crippen molar-refractivity contribution in [3.8, 4) is 0 Å². The van der Waals surface area contributed by atoms with Crippen LogP contribution in [0.15, 0.2) is 11.8 Å². The molecule has 2 heterocycles. The van der Waals surface area contributed by atoms with Crippen molar-refractivity contribution in [3.05, 3.63) is 11.8 Å². The summed E-state index contributed by atoms with van der Waals surface area (Å²) in [6, 6.07) is 0.141. The molecule has 1 fully saturated rings. The number of halogens is 3. The Morgan fingerprint density at radius 1 is 1.39 bits per heavy atom. The fourth-order valence-electron chi connectivity index (χ4n) is 2.12. The van der Waals surface area contributed by atoms with E-state index in [2.05, 4.69) is 4.90 Å². The summed E-state index contributed by atoms with van der Waals surface area (Å²) in [6.45, 7) is 4.82. The van der Waals surface area contributed by atoms with Gasteiger partial charge in [-0.15, -0.1) is 0 Å². The molecule has 18 heavy (non-hydrogen) atoms. The van der Waals surface area contributed by atoms with Gasteiger partial charge >= 0.3 is 6.18 Å². The predicted molar refractivity (Wildman–Crippen MR) is 60.1 cm³/mol. The summed E-state index contributed by atoms with van der Waals surface area (Å²) in [4.78, 5) is 2.21. The lowest BCUT2D eigenvalue weighted by Gasteiger charge is -2.40. The Balaban J connectivity index is 2.00. The summed E-state index contributed by atoms with van der Waals surface area (Å²) in [5, 5.41) is 0. The molecule has 0 aromatic rings. The molecule has 1 atom stereocenters. The average Bonchev–Trinajstić information content (AvgIpc) is 2.27. The van der Waals surface area contributed by atoms with Crippen molar-refractivity contribution >= 4 is 0 Å².